The number of rotatable bonds is 6. The molecular formula is C10H19N5O. The summed E-state index contributed by atoms with van der Waals surface area (Å²) in [5.74, 6) is -0.0524. The lowest BCUT2D eigenvalue weighted by Gasteiger charge is -2.03. The van der Waals surface area contributed by atoms with Crippen molar-refractivity contribution < 1.29 is 4.79 Å². The van der Waals surface area contributed by atoms with Crippen molar-refractivity contribution in [2.24, 2.45) is 5.73 Å². The predicted molar refractivity (Wildman–Crippen MR) is 60.5 cm³/mol. The third-order valence-electron chi connectivity index (χ3n) is 2.25. The van der Waals surface area contributed by atoms with Gasteiger partial charge in [-0.25, -0.2) is 4.68 Å². The van der Waals surface area contributed by atoms with E-state index in [1.54, 1.807) is 6.20 Å². The summed E-state index contributed by atoms with van der Waals surface area (Å²) in [4.78, 5) is 11.4. The van der Waals surface area contributed by atoms with Crippen LogP contribution < -0.4 is 11.1 Å². The Kier molecular flexibility index (Phi) is 4.91. The van der Waals surface area contributed by atoms with E-state index in [9.17, 15) is 4.79 Å². The Morgan fingerprint density at radius 1 is 1.62 bits per heavy atom. The van der Waals surface area contributed by atoms with E-state index in [0.29, 0.717) is 6.54 Å². The summed E-state index contributed by atoms with van der Waals surface area (Å²) >= 11 is 0. The molecule has 1 rings (SSSR count). The molecule has 0 aliphatic rings. The third kappa shape index (κ3) is 3.62. The molecule has 1 aromatic rings. The topological polar surface area (TPSA) is 85.8 Å². The van der Waals surface area contributed by atoms with Gasteiger partial charge in [-0.15, -0.1) is 5.10 Å². The fourth-order valence-electron chi connectivity index (χ4n) is 1.24. The molecule has 6 nitrogen and oxygen atoms in total. The van der Waals surface area contributed by atoms with E-state index in [-0.39, 0.29) is 18.5 Å². The average Bonchev–Trinajstić information content (AvgIpc) is 2.73. The smallest absolute Gasteiger partial charge is 0.241 e. The first-order valence-electron chi connectivity index (χ1n) is 5.59. The fourth-order valence-corrected chi connectivity index (χ4v) is 1.24. The van der Waals surface area contributed by atoms with Crippen LogP contribution in [0.4, 0.5) is 0 Å². The molecule has 0 aromatic carbocycles. The van der Waals surface area contributed by atoms with Gasteiger partial charge in [0.2, 0.25) is 5.91 Å². The predicted octanol–water partition coefficient (Wildman–Crippen LogP) is 0.214. The van der Waals surface area contributed by atoms with Crippen LogP contribution in [0.1, 0.15) is 38.4 Å². The Morgan fingerprint density at radius 2 is 2.38 bits per heavy atom. The Labute approximate surface area is 95.2 Å². The van der Waals surface area contributed by atoms with Gasteiger partial charge in [0.25, 0.3) is 0 Å². The Morgan fingerprint density at radius 3 is 3.00 bits per heavy atom. The van der Waals surface area contributed by atoms with Gasteiger partial charge >= 0.3 is 0 Å². The number of hydrogen-bond donors (Lipinski definition) is 2. The number of nitrogens with zero attached hydrogens (tertiary/aromatic N) is 3. The molecular weight excluding hydrogens is 206 g/mol. The number of carbonyl (C=O) groups excluding carboxylic acids is 1. The minimum absolute atomic E-state index is 0.0524. The lowest BCUT2D eigenvalue weighted by Crippen LogP contribution is -2.28. The van der Waals surface area contributed by atoms with Crippen molar-refractivity contribution in [2.75, 3.05) is 6.54 Å². The van der Waals surface area contributed by atoms with Gasteiger partial charge in [0, 0.05) is 6.54 Å². The maximum atomic E-state index is 11.4. The van der Waals surface area contributed by atoms with E-state index < -0.39 is 0 Å². The lowest BCUT2D eigenvalue weighted by molar-refractivity contribution is -0.121. The van der Waals surface area contributed by atoms with Crippen LogP contribution in [0.5, 0.6) is 0 Å². The van der Waals surface area contributed by atoms with Crippen LogP contribution in [-0.4, -0.2) is 27.4 Å². The summed E-state index contributed by atoms with van der Waals surface area (Å²) < 4.78 is 1.51. The second-order valence-corrected chi connectivity index (χ2v) is 3.71. The minimum Gasteiger partial charge on any atom is -0.355 e. The van der Waals surface area contributed by atoms with Crippen molar-refractivity contribution in [1.29, 1.82) is 0 Å². The van der Waals surface area contributed by atoms with Crippen LogP contribution in [0.15, 0.2) is 6.20 Å². The normalized spacial score (nSPS) is 12.4. The maximum Gasteiger partial charge on any atom is 0.241 e. The van der Waals surface area contributed by atoms with Gasteiger partial charge in [-0.3, -0.25) is 4.79 Å². The SMILES string of the molecule is CCCNC(=O)Cn1cc(C(N)CC)nn1. The maximum absolute atomic E-state index is 11.4. The molecule has 0 fully saturated rings. The van der Waals surface area contributed by atoms with Crippen molar-refractivity contribution >= 4 is 5.91 Å². The molecule has 0 saturated carbocycles. The van der Waals surface area contributed by atoms with Crippen molar-refractivity contribution in [3.8, 4) is 0 Å². The molecule has 1 aromatic heterocycles. The highest BCUT2D eigenvalue weighted by Gasteiger charge is 2.09. The van der Waals surface area contributed by atoms with Crippen molar-refractivity contribution in [3.63, 3.8) is 0 Å². The first-order chi connectivity index (χ1) is 7.67. The molecule has 1 atom stereocenters. The zero-order valence-electron chi connectivity index (χ0n) is 9.81. The van der Waals surface area contributed by atoms with Crippen LogP contribution >= 0.6 is 0 Å². The molecule has 3 N–H and O–H groups in total. The quantitative estimate of drug-likeness (QED) is 0.725. The Hall–Kier alpha value is -1.43. The van der Waals surface area contributed by atoms with Crippen molar-refractivity contribution in [2.45, 2.75) is 39.3 Å². The Balaban J connectivity index is 2.48. The zero-order valence-corrected chi connectivity index (χ0v) is 9.81. The standard InChI is InChI=1S/C10H19N5O/c1-3-5-12-10(16)7-15-6-9(13-14-15)8(11)4-2/h6,8H,3-5,7,11H2,1-2H3,(H,12,16). The second-order valence-electron chi connectivity index (χ2n) is 3.71. The molecule has 90 valence electrons. The monoisotopic (exact) mass is 225 g/mol. The summed E-state index contributed by atoms with van der Waals surface area (Å²) in [6, 6.07) is -0.104. The van der Waals surface area contributed by atoms with Crippen LogP contribution in [0.25, 0.3) is 0 Å². The van der Waals surface area contributed by atoms with Crippen LogP contribution in [0, 0.1) is 0 Å². The molecule has 16 heavy (non-hydrogen) atoms. The zero-order chi connectivity index (χ0) is 12.0. The molecule has 6 heteroatoms. The molecule has 1 unspecified atom stereocenters. The van der Waals surface area contributed by atoms with Crippen molar-refractivity contribution in [1.82, 2.24) is 20.3 Å². The largest absolute Gasteiger partial charge is 0.355 e. The molecule has 0 saturated heterocycles. The molecule has 0 bridgehead atoms. The summed E-state index contributed by atoms with van der Waals surface area (Å²) in [7, 11) is 0. The summed E-state index contributed by atoms with van der Waals surface area (Å²) in [5.41, 5.74) is 6.53. The number of aromatic nitrogens is 3. The Bertz CT molecular complexity index is 336. The van der Waals surface area contributed by atoms with Gasteiger partial charge < -0.3 is 11.1 Å². The summed E-state index contributed by atoms with van der Waals surface area (Å²) in [6.45, 7) is 4.88. The molecule has 1 heterocycles. The molecule has 0 aliphatic heterocycles. The van der Waals surface area contributed by atoms with Gasteiger partial charge in [-0.2, -0.15) is 0 Å². The number of amides is 1. The van der Waals surface area contributed by atoms with Gasteiger partial charge in [0.1, 0.15) is 6.54 Å². The summed E-state index contributed by atoms with van der Waals surface area (Å²) in [5, 5.41) is 10.6. The average molecular weight is 225 g/mol. The third-order valence-corrected chi connectivity index (χ3v) is 2.25. The minimum atomic E-state index is -0.104. The van der Waals surface area contributed by atoms with Crippen molar-refractivity contribution in [3.05, 3.63) is 11.9 Å². The van der Waals surface area contributed by atoms with Crippen LogP contribution in [-0.2, 0) is 11.3 Å². The summed E-state index contributed by atoms with van der Waals surface area (Å²) in [6.07, 6.45) is 3.45. The van der Waals surface area contributed by atoms with E-state index in [4.69, 9.17) is 5.73 Å². The van der Waals surface area contributed by atoms with E-state index in [0.717, 1.165) is 18.5 Å². The van der Waals surface area contributed by atoms with Gasteiger partial charge in [0.15, 0.2) is 0 Å². The molecule has 0 spiro atoms. The highest BCUT2D eigenvalue weighted by molar-refractivity contribution is 5.75. The van der Waals surface area contributed by atoms with E-state index >= 15 is 0 Å². The van der Waals surface area contributed by atoms with Crippen LogP contribution in [0.3, 0.4) is 0 Å². The molecule has 0 radical (unpaired) electrons. The van der Waals surface area contributed by atoms with E-state index in [1.165, 1.54) is 4.68 Å². The fraction of sp³-hybridized carbons (Fsp3) is 0.700. The van der Waals surface area contributed by atoms with Gasteiger partial charge in [0.05, 0.1) is 17.9 Å². The van der Waals surface area contributed by atoms with Gasteiger partial charge in [-0.1, -0.05) is 19.1 Å². The van der Waals surface area contributed by atoms with Gasteiger partial charge in [-0.05, 0) is 12.8 Å². The van der Waals surface area contributed by atoms with E-state index in [1.807, 2.05) is 13.8 Å². The number of hydrogen-bond acceptors (Lipinski definition) is 4. The lowest BCUT2D eigenvalue weighted by atomic mass is 10.2. The first-order valence-corrected chi connectivity index (χ1v) is 5.59. The molecule has 1 amide bonds. The highest BCUT2D eigenvalue weighted by atomic mass is 16.2. The first kappa shape index (κ1) is 12.6. The van der Waals surface area contributed by atoms with Crippen LogP contribution in [0.2, 0.25) is 0 Å². The van der Waals surface area contributed by atoms with E-state index in [2.05, 4.69) is 15.6 Å². The number of carbonyl (C=O) groups is 1. The number of nitrogens with two attached hydrogens (primary N) is 1. The molecule has 0 aliphatic carbocycles. The number of nitrogens with one attached hydrogen (secondary N) is 1. The second kappa shape index (κ2) is 6.22. The highest BCUT2D eigenvalue weighted by Crippen LogP contribution is 2.08.